The van der Waals surface area contributed by atoms with Crippen molar-refractivity contribution >= 4 is 33.5 Å². The van der Waals surface area contributed by atoms with Gasteiger partial charge in [0.1, 0.15) is 0 Å². The normalized spacial score (nSPS) is 33.1. The number of aliphatic carboxylic acids is 1. The van der Waals surface area contributed by atoms with Crippen molar-refractivity contribution in [2.75, 3.05) is 5.32 Å². The number of nitrogens with one attached hydrogen (secondary N) is 1. The van der Waals surface area contributed by atoms with E-state index in [1.165, 1.54) is 0 Å². The van der Waals surface area contributed by atoms with Crippen molar-refractivity contribution in [3.63, 3.8) is 0 Å². The lowest BCUT2D eigenvalue weighted by Crippen LogP contribution is -2.36. The second-order valence-electron chi connectivity index (χ2n) is 6.56. The lowest BCUT2D eigenvalue weighted by atomic mass is 9.82. The Morgan fingerprint density at radius 2 is 1.68 bits per heavy atom. The van der Waals surface area contributed by atoms with Gasteiger partial charge in [-0.2, -0.15) is 0 Å². The molecule has 1 amide bonds. The Hall–Kier alpha value is -1.62. The van der Waals surface area contributed by atoms with Gasteiger partial charge in [-0.15, -0.1) is 0 Å². The Kier molecular flexibility index (Phi) is 2.98. The van der Waals surface area contributed by atoms with E-state index in [-0.39, 0.29) is 23.2 Å². The fourth-order valence-corrected chi connectivity index (χ4v) is 4.71. The maximum atomic E-state index is 12.7. The molecule has 0 heterocycles. The Bertz CT molecular complexity index is 678. The van der Waals surface area contributed by atoms with Gasteiger partial charge in [-0.3, -0.25) is 9.59 Å². The number of carboxylic acids is 1. The highest BCUT2D eigenvalue weighted by Crippen LogP contribution is 2.72. The second kappa shape index (κ2) is 4.69. The Morgan fingerprint density at radius 3 is 2.23 bits per heavy atom. The van der Waals surface area contributed by atoms with Crippen LogP contribution in [0.2, 0.25) is 0 Å². The number of carboxylic acid groups (broad SMARTS) is 1. The van der Waals surface area contributed by atoms with Gasteiger partial charge in [0, 0.05) is 10.2 Å². The molecule has 1 unspecified atom stereocenters. The standard InChI is InChI=1S/C17H16BrNO3/c18-9-1-3-10(4-2-9)19-15(20)13-11-5-6-12(14(13)16(21)22)17(11)7-8-17/h1-6,11-14H,7-8H2,(H,19,20)(H,21,22)/t11-,12+,13?,14+/m0/s1. The van der Waals surface area contributed by atoms with Gasteiger partial charge in [-0.25, -0.2) is 0 Å². The summed E-state index contributed by atoms with van der Waals surface area (Å²) in [4.78, 5) is 24.4. The third kappa shape index (κ3) is 1.88. The molecule has 2 fully saturated rings. The molecule has 114 valence electrons. The van der Waals surface area contributed by atoms with Crippen LogP contribution in [0, 0.1) is 29.1 Å². The summed E-state index contributed by atoms with van der Waals surface area (Å²) in [6, 6.07) is 7.34. The van der Waals surface area contributed by atoms with Crippen LogP contribution in [0.4, 0.5) is 5.69 Å². The number of carbonyl (C=O) groups is 2. The molecule has 3 aliphatic carbocycles. The predicted octanol–water partition coefficient (Wildman–Crippen LogP) is 3.30. The first-order chi connectivity index (χ1) is 10.5. The summed E-state index contributed by atoms with van der Waals surface area (Å²) in [5.41, 5.74) is 0.763. The molecule has 1 aromatic rings. The summed E-state index contributed by atoms with van der Waals surface area (Å²) in [6.07, 6.45) is 6.19. The molecule has 5 heteroatoms. The Labute approximate surface area is 136 Å². The average Bonchev–Trinajstić information content (AvgIpc) is 3.15. The van der Waals surface area contributed by atoms with E-state index in [0.29, 0.717) is 5.69 Å². The van der Waals surface area contributed by atoms with Gasteiger partial charge in [-0.1, -0.05) is 28.1 Å². The molecule has 0 aliphatic heterocycles. The Balaban J connectivity index is 1.60. The predicted molar refractivity (Wildman–Crippen MR) is 85.2 cm³/mol. The zero-order valence-electron chi connectivity index (χ0n) is 11.8. The van der Waals surface area contributed by atoms with Crippen LogP contribution in [0.15, 0.2) is 40.9 Å². The highest BCUT2D eigenvalue weighted by Gasteiger charge is 2.70. The van der Waals surface area contributed by atoms with Crippen molar-refractivity contribution in [1.29, 1.82) is 0 Å². The van der Waals surface area contributed by atoms with E-state index in [0.717, 1.165) is 17.3 Å². The molecule has 4 atom stereocenters. The van der Waals surface area contributed by atoms with Crippen LogP contribution in [-0.2, 0) is 9.59 Å². The molecule has 0 radical (unpaired) electrons. The van der Waals surface area contributed by atoms with E-state index in [9.17, 15) is 14.7 Å². The number of amides is 1. The van der Waals surface area contributed by atoms with Crippen molar-refractivity contribution in [2.45, 2.75) is 12.8 Å². The summed E-state index contributed by atoms with van der Waals surface area (Å²) in [7, 11) is 0. The molecule has 4 nitrogen and oxygen atoms in total. The monoisotopic (exact) mass is 361 g/mol. The minimum absolute atomic E-state index is 0.0238. The first-order valence-electron chi connectivity index (χ1n) is 7.50. The minimum Gasteiger partial charge on any atom is -0.481 e. The van der Waals surface area contributed by atoms with E-state index in [1.807, 2.05) is 30.3 Å². The lowest BCUT2D eigenvalue weighted by molar-refractivity contribution is -0.146. The molecule has 2 N–H and O–H groups in total. The second-order valence-corrected chi connectivity index (χ2v) is 7.47. The van der Waals surface area contributed by atoms with Crippen molar-refractivity contribution in [2.24, 2.45) is 29.1 Å². The maximum absolute atomic E-state index is 12.7. The van der Waals surface area contributed by atoms with E-state index in [4.69, 9.17) is 0 Å². The zero-order chi connectivity index (χ0) is 15.5. The molecule has 0 saturated heterocycles. The third-order valence-corrected chi connectivity index (χ3v) is 6.07. The average molecular weight is 362 g/mol. The van der Waals surface area contributed by atoms with Gasteiger partial charge in [0.25, 0.3) is 0 Å². The molecule has 2 bridgehead atoms. The quantitative estimate of drug-likeness (QED) is 0.811. The number of allylic oxidation sites excluding steroid dienone is 2. The van der Waals surface area contributed by atoms with Gasteiger partial charge in [-0.05, 0) is 54.4 Å². The smallest absolute Gasteiger partial charge is 0.307 e. The summed E-state index contributed by atoms with van der Waals surface area (Å²) in [5.74, 6) is -1.96. The molecule has 1 aromatic carbocycles. The first-order valence-corrected chi connectivity index (χ1v) is 8.30. The lowest BCUT2D eigenvalue weighted by Gasteiger charge is -2.23. The number of hydrogen-bond donors (Lipinski definition) is 2. The molecular weight excluding hydrogens is 346 g/mol. The number of anilines is 1. The van der Waals surface area contributed by atoms with Gasteiger partial charge in [0.15, 0.2) is 0 Å². The van der Waals surface area contributed by atoms with Gasteiger partial charge in [0.2, 0.25) is 5.91 Å². The van der Waals surface area contributed by atoms with Gasteiger partial charge >= 0.3 is 5.97 Å². The maximum Gasteiger partial charge on any atom is 0.307 e. The highest BCUT2D eigenvalue weighted by atomic mass is 79.9. The van der Waals surface area contributed by atoms with E-state index >= 15 is 0 Å². The number of rotatable bonds is 3. The third-order valence-electron chi connectivity index (χ3n) is 5.54. The molecule has 1 spiro atoms. The SMILES string of the molecule is O=C(Nc1ccc(Br)cc1)C1[C@H](C(=O)O)[C@H]2C=C[C@@H]1C21CC1. The number of halogens is 1. The molecule has 22 heavy (non-hydrogen) atoms. The van der Waals surface area contributed by atoms with Gasteiger partial charge < -0.3 is 10.4 Å². The molecule has 2 saturated carbocycles. The van der Waals surface area contributed by atoms with Crippen LogP contribution >= 0.6 is 15.9 Å². The molecular formula is C17H16BrNO3. The fraction of sp³-hybridized carbons (Fsp3) is 0.412. The first kappa shape index (κ1) is 14.0. The van der Waals surface area contributed by atoms with E-state index in [1.54, 1.807) is 0 Å². The van der Waals surface area contributed by atoms with Crippen LogP contribution in [0.25, 0.3) is 0 Å². The zero-order valence-corrected chi connectivity index (χ0v) is 13.4. The largest absolute Gasteiger partial charge is 0.481 e. The Morgan fingerprint density at radius 1 is 1.09 bits per heavy atom. The molecule has 3 aliphatic rings. The van der Waals surface area contributed by atoms with Crippen LogP contribution in [-0.4, -0.2) is 17.0 Å². The van der Waals surface area contributed by atoms with Crippen molar-refractivity contribution in [3.8, 4) is 0 Å². The van der Waals surface area contributed by atoms with Crippen molar-refractivity contribution in [3.05, 3.63) is 40.9 Å². The number of hydrogen-bond acceptors (Lipinski definition) is 2. The molecule has 4 rings (SSSR count). The minimum atomic E-state index is -0.848. The van der Waals surface area contributed by atoms with Gasteiger partial charge in [0.05, 0.1) is 11.8 Å². The fourth-order valence-electron chi connectivity index (χ4n) is 4.45. The van der Waals surface area contributed by atoms with Crippen LogP contribution in [0.1, 0.15) is 12.8 Å². The van der Waals surface area contributed by atoms with Crippen LogP contribution in [0.3, 0.4) is 0 Å². The molecule has 0 aromatic heterocycles. The summed E-state index contributed by atoms with van der Waals surface area (Å²) >= 11 is 3.36. The summed E-state index contributed by atoms with van der Waals surface area (Å²) < 4.78 is 0.939. The highest BCUT2D eigenvalue weighted by molar-refractivity contribution is 9.10. The number of carbonyl (C=O) groups excluding carboxylic acids is 1. The van der Waals surface area contributed by atoms with E-state index in [2.05, 4.69) is 27.3 Å². The van der Waals surface area contributed by atoms with Crippen LogP contribution < -0.4 is 5.32 Å². The summed E-state index contributed by atoms with van der Waals surface area (Å²) in [5, 5.41) is 12.5. The number of benzene rings is 1. The topological polar surface area (TPSA) is 66.4 Å². The van der Waals surface area contributed by atoms with Crippen molar-refractivity contribution in [1.82, 2.24) is 0 Å². The summed E-state index contributed by atoms with van der Waals surface area (Å²) in [6.45, 7) is 0. The van der Waals surface area contributed by atoms with Crippen LogP contribution in [0.5, 0.6) is 0 Å². The van der Waals surface area contributed by atoms with Crippen molar-refractivity contribution < 1.29 is 14.7 Å². The van der Waals surface area contributed by atoms with E-state index < -0.39 is 17.8 Å².